The van der Waals surface area contributed by atoms with Gasteiger partial charge in [0.05, 0.1) is 11.9 Å². The number of hydrogen-bond acceptors (Lipinski definition) is 3. The van der Waals surface area contributed by atoms with Crippen LogP contribution in [-0.2, 0) is 0 Å². The number of nitrogens with one attached hydrogen (secondary N) is 1. The molecule has 0 bridgehead atoms. The van der Waals surface area contributed by atoms with Crippen LogP contribution < -0.4 is 5.32 Å². The Morgan fingerprint density at radius 1 is 1.10 bits per heavy atom. The Morgan fingerprint density at radius 3 is 2.67 bits per heavy atom. The van der Waals surface area contributed by atoms with Crippen molar-refractivity contribution in [2.75, 3.05) is 5.32 Å². The Kier molecular flexibility index (Phi) is 3.92. The SMILES string of the molecule is Cc1cc(I)ccc1Nc1cc(F)ccc1-c1ccno1. The fraction of sp³-hybridized carbons (Fsp3) is 0.0625. The summed E-state index contributed by atoms with van der Waals surface area (Å²) in [4.78, 5) is 0. The number of rotatable bonds is 3. The number of aryl methyl sites for hydroxylation is 1. The summed E-state index contributed by atoms with van der Waals surface area (Å²) in [5, 5.41) is 6.97. The quantitative estimate of drug-likeness (QED) is 0.626. The standard InChI is InChI=1S/C16H12FIN2O/c1-10-8-12(18)3-5-14(10)20-15-9-11(17)2-4-13(15)16-6-7-19-21-16/h2-9,20H,1H3. The van der Waals surface area contributed by atoms with Crippen molar-refractivity contribution in [1.29, 1.82) is 0 Å². The van der Waals surface area contributed by atoms with Gasteiger partial charge in [-0.05, 0) is 71.5 Å². The summed E-state index contributed by atoms with van der Waals surface area (Å²) in [6.07, 6.45) is 1.57. The molecule has 0 spiro atoms. The minimum atomic E-state index is -0.302. The van der Waals surface area contributed by atoms with Gasteiger partial charge in [0.25, 0.3) is 0 Å². The van der Waals surface area contributed by atoms with Gasteiger partial charge in [0.15, 0.2) is 5.76 Å². The maximum atomic E-state index is 13.6. The first-order valence-corrected chi connectivity index (χ1v) is 7.45. The smallest absolute Gasteiger partial charge is 0.168 e. The molecule has 0 fully saturated rings. The van der Waals surface area contributed by atoms with Crippen LogP contribution in [0.3, 0.4) is 0 Å². The molecule has 0 radical (unpaired) electrons. The second-order valence-corrected chi connectivity index (χ2v) is 5.90. The lowest BCUT2D eigenvalue weighted by Crippen LogP contribution is -1.96. The lowest BCUT2D eigenvalue weighted by atomic mass is 10.1. The van der Waals surface area contributed by atoms with Crippen molar-refractivity contribution in [1.82, 2.24) is 5.16 Å². The third-order valence-electron chi connectivity index (χ3n) is 3.14. The maximum absolute atomic E-state index is 13.6. The highest BCUT2D eigenvalue weighted by Gasteiger charge is 2.11. The fourth-order valence-electron chi connectivity index (χ4n) is 2.10. The molecule has 2 aromatic carbocycles. The highest BCUT2D eigenvalue weighted by atomic mass is 127. The van der Waals surface area contributed by atoms with E-state index in [9.17, 15) is 4.39 Å². The van der Waals surface area contributed by atoms with E-state index < -0.39 is 0 Å². The zero-order valence-electron chi connectivity index (χ0n) is 11.2. The molecule has 1 heterocycles. The molecule has 0 aliphatic rings. The summed E-state index contributed by atoms with van der Waals surface area (Å²) >= 11 is 2.26. The molecule has 106 valence electrons. The number of nitrogens with zero attached hydrogens (tertiary/aromatic N) is 1. The Labute approximate surface area is 135 Å². The van der Waals surface area contributed by atoms with E-state index in [2.05, 4.69) is 39.1 Å². The molecule has 0 amide bonds. The third-order valence-corrected chi connectivity index (χ3v) is 3.81. The predicted octanol–water partition coefficient (Wildman–Crippen LogP) is 5.14. The molecule has 21 heavy (non-hydrogen) atoms. The molecule has 3 nitrogen and oxygen atoms in total. The van der Waals surface area contributed by atoms with Gasteiger partial charge in [-0.3, -0.25) is 0 Å². The van der Waals surface area contributed by atoms with Crippen LogP contribution in [0.4, 0.5) is 15.8 Å². The van der Waals surface area contributed by atoms with Crippen LogP contribution >= 0.6 is 22.6 Å². The average Bonchev–Trinajstić information content (AvgIpc) is 2.96. The van der Waals surface area contributed by atoms with Crippen molar-refractivity contribution in [3.8, 4) is 11.3 Å². The van der Waals surface area contributed by atoms with Gasteiger partial charge in [-0.15, -0.1) is 0 Å². The van der Waals surface area contributed by atoms with Gasteiger partial charge < -0.3 is 9.84 Å². The molecule has 1 aromatic heterocycles. The topological polar surface area (TPSA) is 38.1 Å². The van der Waals surface area contributed by atoms with Gasteiger partial charge in [0.2, 0.25) is 0 Å². The van der Waals surface area contributed by atoms with Crippen molar-refractivity contribution in [2.24, 2.45) is 0 Å². The van der Waals surface area contributed by atoms with Crippen molar-refractivity contribution in [3.05, 3.63) is 63.6 Å². The Bertz CT molecular complexity index is 772. The van der Waals surface area contributed by atoms with Gasteiger partial charge in [0, 0.05) is 20.9 Å². The number of hydrogen-bond donors (Lipinski definition) is 1. The maximum Gasteiger partial charge on any atom is 0.168 e. The monoisotopic (exact) mass is 394 g/mol. The molecular formula is C16H12FIN2O. The van der Waals surface area contributed by atoms with E-state index in [0.29, 0.717) is 11.4 Å². The van der Waals surface area contributed by atoms with Crippen LogP contribution in [0.2, 0.25) is 0 Å². The molecule has 0 atom stereocenters. The van der Waals surface area contributed by atoms with E-state index in [0.717, 1.165) is 20.4 Å². The summed E-state index contributed by atoms with van der Waals surface area (Å²) in [5.41, 5.74) is 3.44. The van der Waals surface area contributed by atoms with E-state index in [1.165, 1.54) is 12.1 Å². The molecule has 0 unspecified atom stereocenters. The molecule has 0 saturated carbocycles. The fourth-order valence-corrected chi connectivity index (χ4v) is 2.75. The van der Waals surface area contributed by atoms with Gasteiger partial charge >= 0.3 is 0 Å². The van der Waals surface area contributed by atoms with E-state index in [4.69, 9.17) is 4.52 Å². The van der Waals surface area contributed by atoms with Crippen LogP contribution in [0.15, 0.2) is 53.2 Å². The Morgan fingerprint density at radius 2 is 1.95 bits per heavy atom. The summed E-state index contributed by atoms with van der Waals surface area (Å²) in [6.45, 7) is 2.01. The van der Waals surface area contributed by atoms with Crippen LogP contribution in [0, 0.1) is 16.3 Å². The lowest BCUT2D eigenvalue weighted by Gasteiger charge is -2.13. The van der Waals surface area contributed by atoms with E-state index in [1.807, 2.05) is 19.1 Å². The number of halogens is 2. The summed E-state index contributed by atoms with van der Waals surface area (Å²) < 4.78 is 19.9. The van der Waals surface area contributed by atoms with Crippen LogP contribution in [0.1, 0.15) is 5.56 Å². The number of benzene rings is 2. The third kappa shape index (κ3) is 3.07. The van der Waals surface area contributed by atoms with Crippen LogP contribution in [0.25, 0.3) is 11.3 Å². The highest BCUT2D eigenvalue weighted by molar-refractivity contribution is 14.1. The normalized spacial score (nSPS) is 10.6. The average molecular weight is 394 g/mol. The highest BCUT2D eigenvalue weighted by Crippen LogP contribution is 2.32. The summed E-state index contributed by atoms with van der Waals surface area (Å²) in [5.74, 6) is 0.296. The van der Waals surface area contributed by atoms with Crippen molar-refractivity contribution in [2.45, 2.75) is 6.92 Å². The van der Waals surface area contributed by atoms with Gasteiger partial charge in [-0.2, -0.15) is 0 Å². The second-order valence-electron chi connectivity index (χ2n) is 4.65. The molecule has 3 rings (SSSR count). The summed E-state index contributed by atoms with van der Waals surface area (Å²) in [7, 11) is 0. The van der Waals surface area contributed by atoms with E-state index in [-0.39, 0.29) is 5.82 Å². The van der Waals surface area contributed by atoms with Crippen molar-refractivity contribution >= 4 is 34.0 Å². The largest absolute Gasteiger partial charge is 0.356 e. The molecule has 1 N–H and O–H groups in total. The van der Waals surface area contributed by atoms with Crippen LogP contribution in [-0.4, -0.2) is 5.16 Å². The van der Waals surface area contributed by atoms with Gasteiger partial charge in [-0.25, -0.2) is 4.39 Å². The number of anilines is 2. The lowest BCUT2D eigenvalue weighted by molar-refractivity contribution is 0.432. The second kappa shape index (κ2) is 5.85. The van der Waals surface area contributed by atoms with E-state index >= 15 is 0 Å². The zero-order valence-corrected chi connectivity index (χ0v) is 13.4. The first-order valence-electron chi connectivity index (χ1n) is 6.37. The molecule has 3 aromatic rings. The zero-order chi connectivity index (χ0) is 14.8. The first-order chi connectivity index (χ1) is 10.1. The molecule has 0 saturated heterocycles. The van der Waals surface area contributed by atoms with Crippen molar-refractivity contribution < 1.29 is 8.91 Å². The van der Waals surface area contributed by atoms with Gasteiger partial charge in [0.1, 0.15) is 5.82 Å². The minimum Gasteiger partial charge on any atom is -0.356 e. The predicted molar refractivity (Wildman–Crippen MR) is 89.1 cm³/mol. The molecule has 5 heteroatoms. The van der Waals surface area contributed by atoms with Crippen molar-refractivity contribution in [3.63, 3.8) is 0 Å². The van der Waals surface area contributed by atoms with E-state index in [1.54, 1.807) is 18.3 Å². The minimum absolute atomic E-state index is 0.302. The molecular weight excluding hydrogens is 382 g/mol. The number of aromatic nitrogens is 1. The van der Waals surface area contributed by atoms with Crippen LogP contribution in [0.5, 0.6) is 0 Å². The molecule has 0 aliphatic carbocycles. The Balaban J connectivity index is 2.03. The Hall–Kier alpha value is -1.89. The first kappa shape index (κ1) is 14.1. The summed E-state index contributed by atoms with van der Waals surface area (Å²) in [6, 6.07) is 12.3. The van der Waals surface area contributed by atoms with Gasteiger partial charge in [-0.1, -0.05) is 5.16 Å². The molecule has 0 aliphatic heterocycles.